The number of nitrogens with one attached hydrogen (secondary N) is 1. The van der Waals surface area contributed by atoms with Crippen molar-refractivity contribution in [1.29, 1.82) is 0 Å². The zero-order valence-electron chi connectivity index (χ0n) is 13.5. The molecule has 0 bridgehead atoms. The zero-order valence-corrected chi connectivity index (χ0v) is 13.5. The normalized spacial score (nSPS) is 13.9. The third-order valence-corrected chi connectivity index (χ3v) is 4.84. The summed E-state index contributed by atoms with van der Waals surface area (Å²) in [6, 6.07) is 16.2. The Hall–Kier alpha value is -2.68. The number of hydrogen-bond donors (Lipinski definition) is 1. The monoisotopic (exact) mass is 319 g/mol. The zero-order chi connectivity index (χ0) is 16.7. The van der Waals surface area contributed by atoms with Crippen LogP contribution in [-0.2, 0) is 12.8 Å². The Labute approximate surface area is 140 Å². The fourth-order valence-corrected chi connectivity index (χ4v) is 3.55. The molecule has 3 aromatic carbocycles. The maximum atomic E-state index is 13.0. The third kappa shape index (κ3) is 2.46. The highest BCUT2D eigenvalue weighted by molar-refractivity contribution is 6.09. The predicted molar refractivity (Wildman–Crippen MR) is 93.6 cm³/mol. The summed E-state index contributed by atoms with van der Waals surface area (Å²) in [7, 11) is 0. The van der Waals surface area contributed by atoms with E-state index in [4.69, 9.17) is 0 Å². The molecule has 3 aromatic rings. The minimum Gasteiger partial charge on any atom is -0.345 e. The van der Waals surface area contributed by atoms with Crippen LogP contribution in [0.15, 0.2) is 54.6 Å². The Balaban J connectivity index is 1.66. The van der Waals surface area contributed by atoms with Crippen LogP contribution in [0, 0.1) is 5.82 Å². The standard InChI is InChI=1S/C21H18FNO/c1-13(14-7-10-17(22)11-8-14)23-21(24)19-12-9-16-6-5-15-3-2-4-18(19)20(15)16/h2-4,7-13H,5-6H2,1H3,(H,23,24). The number of aryl methyl sites for hydroxylation is 2. The van der Waals surface area contributed by atoms with Crippen molar-refractivity contribution in [3.8, 4) is 0 Å². The first-order valence-corrected chi connectivity index (χ1v) is 8.23. The summed E-state index contributed by atoms with van der Waals surface area (Å²) in [5.41, 5.74) is 4.23. The predicted octanol–water partition coefficient (Wildman–Crippen LogP) is 4.57. The van der Waals surface area contributed by atoms with E-state index in [1.54, 1.807) is 12.1 Å². The van der Waals surface area contributed by atoms with Crippen LogP contribution in [0.2, 0.25) is 0 Å². The minimum atomic E-state index is -0.273. The van der Waals surface area contributed by atoms with Gasteiger partial charge in [0.15, 0.2) is 0 Å². The molecule has 1 atom stereocenters. The maximum Gasteiger partial charge on any atom is 0.252 e. The van der Waals surface area contributed by atoms with Crippen LogP contribution < -0.4 is 5.32 Å². The van der Waals surface area contributed by atoms with Gasteiger partial charge in [-0.05, 0) is 65.4 Å². The van der Waals surface area contributed by atoms with Gasteiger partial charge in [-0.3, -0.25) is 4.79 Å². The van der Waals surface area contributed by atoms with Gasteiger partial charge < -0.3 is 5.32 Å². The van der Waals surface area contributed by atoms with Crippen LogP contribution in [0.25, 0.3) is 10.8 Å². The van der Waals surface area contributed by atoms with Crippen LogP contribution in [0.4, 0.5) is 4.39 Å². The molecule has 2 nitrogen and oxygen atoms in total. The van der Waals surface area contributed by atoms with E-state index in [2.05, 4.69) is 17.4 Å². The highest BCUT2D eigenvalue weighted by Gasteiger charge is 2.19. The van der Waals surface area contributed by atoms with Gasteiger partial charge in [-0.15, -0.1) is 0 Å². The Morgan fingerprint density at radius 1 is 1.00 bits per heavy atom. The van der Waals surface area contributed by atoms with Crippen LogP contribution >= 0.6 is 0 Å². The molecule has 0 saturated heterocycles. The Morgan fingerprint density at radius 3 is 2.46 bits per heavy atom. The number of amides is 1. The van der Waals surface area contributed by atoms with Gasteiger partial charge in [-0.2, -0.15) is 0 Å². The van der Waals surface area contributed by atoms with Crippen LogP contribution in [-0.4, -0.2) is 5.91 Å². The summed E-state index contributed by atoms with van der Waals surface area (Å²) >= 11 is 0. The minimum absolute atomic E-state index is 0.0950. The lowest BCUT2D eigenvalue weighted by Gasteiger charge is -2.16. The van der Waals surface area contributed by atoms with E-state index < -0.39 is 0 Å². The van der Waals surface area contributed by atoms with E-state index in [0.29, 0.717) is 5.56 Å². The first-order valence-electron chi connectivity index (χ1n) is 8.23. The number of carbonyl (C=O) groups excluding carboxylic acids is 1. The van der Waals surface area contributed by atoms with Crippen molar-refractivity contribution in [2.75, 3.05) is 0 Å². The number of carbonyl (C=O) groups is 1. The summed E-state index contributed by atoms with van der Waals surface area (Å²) in [5, 5.41) is 5.28. The van der Waals surface area contributed by atoms with Crippen molar-refractivity contribution >= 4 is 16.7 Å². The lowest BCUT2D eigenvalue weighted by atomic mass is 9.99. The fourth-order valence-electron chi connectivity index (χ4n) is 3.55. The van der Waals surface area contributed by atoms with Crippen molar-refractivity contribution in [2.24, 2.45) is 0 Å². The van der Waals surface area contributed by atoms with Gasteiger partial charge in [0.2, 0.25) is 0 Å². The molecule has 3 heteroatoms. The first kappa shape index (κ1) is 14.9. The fraction of sp³-hybridized carbons (Fsp3) is 0.190. The van der Waals surface area contributed by atoms with E-state index in [1.165, 1.54) is 28.6 Å². The van der Waals surface area contributed by atoms with Gasteiger partial charge in [0.25, 0.3) is 5.91 Å². The van der Waals surface area contributed by atoms with Crippen molar-refractivity contribution in [1.82, 2.24) is 5.32 Å². The van der Waals surface area contributed by atoms with E-state index in [9.17, 15) is 9.18 Å². The molecule has 0 aliphatic heterocycles. The molecule has 1 N–H and O–H groups in total. The molecule has 0 spiro atoms. The van der Waals surface area contributed by atoms with Crippen molar-refractivity contribution in [2.45, 2.75) is 25.8 Å². The first-order chi connectivity index (χ1) is 11.6. The average Bonchev–Trinajstić information content (AvgIpc) is 3.01. The van der Waals surface area contributed by atoms with Gasteiger partial charge in [-0.25, -0.2) is 4.39 Å². The summed E-state index contributed by atoms with van der Waals surface area (Å²) in [6.45, 7) is 1.91. The second kappa shape index (κ2) is 5.75. The van der Waals surface area contributed by atoms with E-state index in [-0.39, 0.29) is 17.8 Å². The second-order valence-electron chi connectivity index (χ2n) is 6.36. The second-order valence-corrected chi connectivity index (χ2v) is 6.36. The van der Waals surface area contributed by atoms with Gasteiger partial charge >= 0.3 is 0 Å². The van der Waals surface area contributed by atoms with E-state index in [1.807, 2.05) is 25.1 Å². The molecule has 1 aliphatic carbocycles. The molecule has 24 heavy (non-hydrogen) atoms. The SMILES string of the molecule is CC(NC(=O)c1ccc2c3c(cccc13)CC2)c1ccc(F)cc1. The Morgan fingerprint density at radius 2 is 1.71 bits per heavy atom. The molecule has 0 saturated carbocycles. The van der Waals surface area contributed by atoms with Crippen molar-refractivity contribution in [3.63, 3.8) is 0 Å². The lowest BCUT2D eigenvalue weighted by Crippen LogP contribution is -2.26. The quantitative estimate of drug-likeness (QED) is 0.753. The van der Waals surface area contributed by atoms with Crippen molar-refractivity contribution in [3.05, 3.63) is 82.7 Å². The van der Waals surface area contributed by atoms with E-state index in [0.717, 1.165) is 23.8 Å². The third-order valence-electron chi connectivity index (χ3n) is 4.84. The molecular weight excluding hydrogens is 301 g/mol. The van der Waals surface area contributed by atoms with Crippen LogP contribution in [0.3, 0.4) is 0 Å². The molecule has 1 aliphatic rings. The summed E-state index contributed by atoms with van der Waals surface area (Å²) in [6.07, 6.45) is 2.09. The lowest BCUT2D eigenvalue weighted by molar-refractivity contribution is 0.0941. The molecule has 1 amide bonds. The summed E-state index contributed by atoms with van der Waals surface area (Å²) in [5.74, 6) is -0.368. The molecule has 0 aromatic heterocycles. The van der Waals surface area contributed by atoms with Gasteiger partial charge in [-0.1, -0.05) is 36.4 Å². The highest BCUT2D eigenvalue weighted by atomic mass is 19.1. The summed E-state index contributed by atoms with van der Waals surface area (Å²) < 4.78 is 13.0. The van der Waals surface area contributed by atoms with Gasteiger partial charge in [0.05, 0.1) is 6.04 Å². The summed E-state index contributed by atoms with van der Waals surface area (Å²) in [4.78, 5) is 12.8. The molecule has 0 radical (unpaired) electrons. The topological polar surface area (TPSA) is 29.1 Å². The Kier molecular flexibility index (Phi) is 3.57. The molecule has 4 rings (SSSR count). The molecule has 1 unspecified atom stereocenters. The van der Waals surface area contributed by atoms with Gasteiger partial charge in [0, 0.05) is 5.56 Å². The smallest absolute Gasteiger partial charge is 0.252 e. The number of benzene rings is 3. The number of hydrogen-bond acceptors (Lipinski definition) is 1. The maximum absolute atomic E-state index is 13.0. The van der Waals surface area contributed by atoms with Crippen molar-refractivity contribution < 1.29 is 9.18 Å². The van der Waals surface area contributed by atoms with Crippen LogP contribution in [0.5, 0.6) is 0 Å². The highest BCUT2D eigenvalue weighted by Crippen LogP contribution is 2.32. The number of rotatable bonds is 3. The Bertz CT molecular complexity index is 920. The van der Waals surface area contributed by atoms with Gasteiger partial charge in [0.1, 0.15) is 5.82 Å². The molecular formula is C21H18FNO. The largest absolute Gasteiger partial charge is 0.345 e. The molecule has 0 heterocycles. The molecule has 0 fully saturated rings. The number of halogens is 1. The average molecular weight is 319 g/mol. The molecule has 120 valence electrons. The van der Waals surface area contributed by atoms with E-state index >= 15 is 0 Å². The van der Waals surface area contributed by atoms with Crippen LogP contribution in [0.1, 0.15) is 40.0 Å².